The Hall–Kier alpha value is -1.22. The van der Waals surface area contributed by atoms with Crippen LogP contribution in [0.5, 0.6) is 5.75 Å². The molecule has 1 atom stereocenters. The van der Waals surface area contributed by atoms with Crippen molar-refractivity contribution in [2.24, 2.45) is 0 Å². The molecule has 2 aliphatic heterocycles. The Morgan fingerprint density at radius 3 is 3.11 bits per heavy atom. The number of hydrogen-bond donors (Lipinski definition) is 2. The number of fused-ring (bicyclic) bond motifs is 1. The first-order chi connectivity index (χ1) is 8.62. The normalized spacial score (nSPS) is 25.3. The van der Waals surface area contributed by atoms with Gasteiger partial charge in [-0.15, -0.1) is 0 Å². The zero-order chi connectivity index (χ0) is 12.6. The smallest absolute Gasteiger partial charge is 0.122 e. The molecule has 0 amide bonds. The van der Waals surface area contributed by atoms with Gasteiger partial charge in [0.2, 0.25) is 0 Å². The number of hydrogen-bond acceptors (Lipinski definition) is 3. The van der Waals surface area contributed by atoms with Crippen LogP contribution in [-0.4, -0.2) is 24.7 Å². The summed E-state index contributed by atoms with van der Waals surface area (Å²) in [5.41, 5.74) is 2.82. The molecule has 2 N–H and O–H groups in total. The lowest BCUT2D eigenvalue weighted by Crippen LogP contribution is -2.50. The molecule has 18 heavy (non-hydrogen) atoms. The number of anilines is 1. The maximum Gasteiger partial charge on any atom is 0.122 e. The Kier molecular flexibility index (Phi) is 2.94. The number of piperidine rings is 1. The van der Waals surface area contributed by atoms with Gasteiger partial charge in [0, 0.05) is 23.7 Å². The monoisotopic (exact) mass is 246 g/mol. The highest BCUT2D eigenvalue weighted by atomic mass is 16.5. The minimum atomic E-state index is 0.246. The SMILES string of the molecule is CC1(C)CC(Nc2ccc3c(c2)CCO3)CCN1. The molecule has 98 valence electrons. The van der Waals surface area contributed by atoms with Crippen LogP contribution in [0.1, 0.15) is 32.3 Å². The molecule has 1 aromatic rings. The van der Waals surface area contributed by atoms with Gasteiger partial charge in [0.15, 0.2) is 0 Å². The summed E-state index contributed by atoms with van der Waals surface area (Å²) in [6.07, 6.45) is 3.40. The zero-order valence-corrected chi connectivity index (χ0v) is 11.3. The van der Waals surface area contributed by atoms with Crippen molar-refractivity contribution < 1.29 is 4.74 Å². The summed E-state index contributed by atoms with van der Waals surface area (Å²) >= 11 is 0. The fourth-order valence-electron chi connectivity index (χ4n) is 3.01. The van der Waals surface area contributed by atoms with E-state index in [1.807, 2.05) is 0 Å². The molecule has 0 bridgehead atoms. The molecular weight excluding hydrogens is 224 g/mol. The number of nitrogens with one attached hydrogen (secondary N) is 2. The van der Waals surface area contributed by atoms with Crippen LogP contribution < -0.4 is 15.4 Å². The van der Waals surface area contributed by atoms with Gasteiger partial charge in [0.05, 0.1) is 6.61 Å². The molecule has 0 saturated carbocycles. The van der Waals surface area contributed by atoms with E-state index in [9.17, 15) is 0 Å². The summed E-state index contributed by atoms with van der Waals surface area (Å²) in [4.78, 5) is 0. The van der Waals surface area contributed by atoms with Crippen molar-refractivity contribution in [3.63, 3.8) is 0 Å². The van der Waals surface area contributed by atoms with E-state index in [2.05, 4.69) is 42.7 Å². The molecule has 1 fully saturated rings. The van der Waals surface area contributed by atoms with Crippen molar-refractivity contribution in [3.8, 4) is 5.75 Å². The van der Waals surface area contributed by atoms with Crippen LogP contribution in [0, 0.1) is 0 Å². The molecule has 0 aliphatic carbocycles. The Morgan fingerprint density at radius 1 is 1.39 bits per heavy atom. The van der Waals surface area contributed by atoms with E-state index in [1.165, 1.54) is 24.1 Å². The van der Waals surface area contributed by atoms with Crippen LogP contribution in [0.4, 0.5) is 5.69 Å². The highest BCUT2D eigenvalue weighted by Gasteiger charge is 2.27. The van der Waals surface area contributed by atoms with E-state index < -0.39 is 0 Å². The Morgan fingerprint density at radius 2 is 2.28 bits per heavy atom. The van der Waals surface area contributed by atoms with Gasteiger partial charge in [-0.25, -0.2) is 0 Å². The van der Waals surface area contributed by atoms with E-state index >= 15 is 0 Å². The van der Waals surface area contributed by atoms with Crippen molar-refractivity contribution in [3.05, 3.63) is 23.8 Å². The van der Waals surface area contributed by atoms with Gasteiger partial charge >= 0.3 is 0 Å². The second-order valence-electron chi connectivity index (χ2n) is 6.07. The van der Waals surface area contributed by atoms with Crippen LogP contribution in [-0.2, 0) is 6.42 Å². The highest BCUT2D eigenvalue weighted by Crippen LogP contribution is 2.29. The first-order valence-electron chi connectivity index (χ1n) is 6.90. The molecule has 2 aliphatic rings. The number of ether oxygens (including phenoxy) is 1. The van der Waals surface area contributed by atoms with E-state index in [1.54, 1.807) is 0 Å². The molecule has 2 heterocycles. The predicted octanol–water partition coefficient (Wildman–Crippen LogP) is 2.56. The third-order valence-corrected chi connectivity index (χ3v) is 3.91. The summed E-state index contributed by atoms with van der Waals surface area (Å²) < 4.78 is 5.54. The minimum Gasteiger partial charge on any atom is -0.493 e. The van der Waals surface area contributed by atoms with Crippen molar-refractivity contribution in [1.82, 2.24) is 5.32 Å². The Labute approximate surface area is 109 Å². The quantitative estimate of drug-likeness (QED) is 0.841. The van der Waals surface area contributed by atoms with Gasteiger partial charge in [-0.3, -0.25) is 0 Å². The second kappa shape index (κ2) is 4.47. The van der Waals surface area contributed by atoms with Crippen LogP contribution >= 0.6 is 0 Å². The fourth-order valence-corrected chi connectivity index (χ4v) is 3.01. The summed E-state index contributed by atoms with van der Waals surface area (Å²) in [6, 6.07) is 7.05. The lowest BCUT2D eigenvalue weighted by Gasteiger charge is -2.37. The number of rotatable bonds is 2. The topological polar surface area (TPSA) is 33.3 Å². The van der Waals surface area contributed by atoms with Gasteiger partial charge in [0.25, 0.3) is 0 Å². The second-order valence-corrected chi connectivity index (χ2v) is 6.07. The molecule has 3 rings (SSSR count). The zero-order valence-electron chi connectivity index (χ0n) is 11.3. The van der Waals surface area contributed by atoms with Crippen molar-refractivity contribution in [2.45, 2.75) is 44.7 Å². The maximum atomic E-state index is 5.54. The molecule has 0 radical (unpaired) electrons. The standard InChI is InChI=1S/C15H22N2O/c1-15(2)10-13(5-7-16-15)17-12-3-4-14-11(9-12)6-8-18-14/h3-4,9,13,16-17H,5-8,10H2,1-2H3. The summed E-state index contributed by atoms with van der Waals surface area (Å²) in [5, 5.41) is 7.23. The van der Waals surface area contributed by atoms with E-state index in [-0.39, 0.29) is 5.54 Å². The Bertz CT molecular complexity index is 442. The van der Waals surface area contributed by atoms with Gasteiger partial charge in [0.1, 0.15) is 5.75 Å². The third kappa shape index (κ3) is 2.46. The first-order valence-corrected chi connectivity index (χ1v) is 6.90. The number of benzene rings is 1. The molecule has 1 aromatic carbocycles. The molecule has 0 aromatic heterocycles. The van der Waals surface area contributed by atoms with Crippen molar-refractivity contribution >= 4 is 5.69 Å². The van der Waals surface area contributed by atoms with Crippen LogP contribution in [0.15, 0.2) is 18.2 Å². The molecule has 1 unspecified atom stereocenters. The third-order valence-electron chi connectivity index (χ3n) is 3.91. The summed E-state index contributed by atoms with van der Waals surface area (Å²) in [6.45, 7) is 6.48. The average molecular weight is 246 g/mol. The van der Waals surface area contributed by atoms with E-state index in [0.29, 0.717) is 6.04 Å². The van der Waals surface area contributed by atoms with E-state index in [4.69, 9.17) is 4.74 Å². The molecule has 3 nitrogen and oxygen atoms in total. The maximum absolute atomic E-state index is 5.54. The lowest BCUT2D eigenvalue weighted by molar-refractivity contribution is 0.286. The van der Waals surface area contributed by atoms with Gasteiger partial charge in [-0.2, -0.15) is 0 Å². The largest absolute Gasteiger partial charge is 0.493 e. The van der Waals surface area contributed by atoms with Crippen LogP contribution in [0.3, 0.4) is 0 Å². The van der Waals surface area contributed by atoms with Crippen molar-refractivity contribution in [1.29, 1.82) is 0 Å². The van der Waals surface area contributed by atoms with Crippen LogP contribution in [0.25, 0.3) is 0 Å². The fraction of sp³-hybridized carbons (Fsp3) is 0.600. The molecule has 1 saturated heterocycles. The van der Waals surface area contributed by atoms with Gasteiger partial charge in [-0.05, 0) is 57.0 Å². The van der Waals surface area contributed by atoms with Gasteiger partial charge in [-0.1, -0.05) is 0 Å². The lowest BCUT2D eigenvalue weighted by atomic mass is 9.89. The summed E-state index contributed by atoms with van der Waals surface area (Å²) in [5.74, 6) is 1.06. The van der Waals surface area contributed by atoms with Crippen LogP contribution in [0.2, 0.25) is 0 Å². The predicted molar refractivity (Wildman–Crippen MR) is 74.4 cm³/mol. The van der Waals surface area contributed by atoms with Crippen molar-refractivity contribution in [2.75, 3.05) is 18.5 Å². The molecule has 3 heteroatoms. The molecular formula is C15H22N2O. The highest BCUT2D eigenvalue weighted by molar-refractivity contribution is 5.53. The summed E-state index contributed by atoms with van der Waals surface area (Å²) in [7, 11) is 0. The minimum absolute atomic E-state index is 0.246. The average Bonchev–Trinajstić information content (AvgIpc) is 2.74. The van der Waals surface area contributed by atoms with Gasteiger partial charge < -0.3 is 15.4 Å². The molecule has 0 spiro atoms. The Balaban J connectivity index is 1.69. The van der Waals surface area contributed by atoms with E-state index in [0.717, 1.165) is 25.3 Å². The first kappa shape index (κ1) is 11.8.